The highest BCUT2D eigenvalue weighted by molar-refractivity contribution is 6.42. The summed E-state index contributed by atoms with van der Waals surface area (Å²) in [6.45, 7) is 1.60. The number of pyridine rings is 1. The van der Waals surface area contributed by atoms with Crippen LogP contribution in [-0.4, -0.2) is 28.9 Å². The van der Waals surface area contributed by atoms with Crippen molar-refractivity contribution in [2.75, 3.05) is 13.1 Å². The van der Waals surface area contributed by atoms with E-state index < -0.39 is 0 Å². The lowest BCUT2D eigenvalue weighted by atomic mass is 9.90. The van der Waals surface area contributed by atoms with Crippen molar-refractivity contribution < 1.29 is 4.79 Å². The highest BCUT2D eigenvalue weighted by atomic mass is 35.5. The van der Waals surface area contributed by atoms with Gasteiger partial charge >= 0.3 is 0 Å². The van der Waals surface area contributed by atoms with Crippen molar-refractivity contribution in [3.63, 3.8) is 0 Å². The summed E-state index contributed by atoms with van der Waals surface area (Å²) < 4.78 is 0. The second-order valence-electron chi connectivity index (χ2n) is 5.86. The van der Waals surface area contributed by atoms with Crippen LogP contribution in [0.3, 0.4) is 0 Å². The van der Waals surface area contributed by atoms with Gasteiger partial charge in [0.2, 0.25) is 5.91 Å². The number of piperidine rings is 1. The minimum absolute atomic E-state index is 0.150. The van der Waals surface area contributed by atoms with E-state index in [4.69, 9.17) is 23.2 Å². The lowest BCUT2D eigenvalue weighted by molar-refractivity contribution is -0.131. The number of benzene rings is 1. The van der Waals surface area contributed by atoms with Gasteiger partial charge in [0.05, 0.1) is 16.5 Å². The number of carbonyl (C=O) groups excluding carboxylic acids is 1. The third-order valence-corrected chi connectivity index (χ3v) is 5.10. The number of amides is 1. The van der Waals surface area contributed by atoms with Gasteiger partial charge in [-0.2, -0.15) is 0 Å². The van der Waals surface area contributed by atoms with Gasteiger partial charge < -0.3 is 4.90 Å². The fourth-order valence-corrected chi connectivity index (χ4v) is 3.35. The molecule has 1 aliphatic heterocycles. The van der Waals surface area contributed by atoms with Gasteiger partial charge in [-0.15, -0.1) is 0 Å². The minimum Gasteiger partial charge on any atom is -0.342 e. The molecular formula is C18H18Cl2N2O. The van der Waals surface area contributed by atoms with Crippen LogP contribution >= 0.6 is 23.2 Å². The maximum absolute atomic E-state index is 12.4. The van der Waals surface area contributed by atoms with E-state index >= 15 is 0 Å². The molecule has 1 aromatic carbocycles. The van der Waals surface area contributed by atoms with E-state index in [2.05, 4.69) is 17.1 Å². The van der Waals surface area contributed by atoms with E-state index in [0.717, 1.165) is 31.5 Å². The number of likely N-dealkylation sites (tertiary alicyclic amines) is 1. The zero-order valence-corrected chi connectivity index (χ0v) is 14.2. The van der Waals surface area contributed by atoms with E-state index in [-0.39, 0.29) is 5.91 Å². The van der Waals surface area contributed by atoms with Crippen molar-refractivity contribution in [2.24, 2.45) is 0 Å². The molecule has 1 saturated heterocycles. The minimum atomic E-state index is 0.150. The summed E-state index contributed by atoms with van der Waals surface area (Å²) in [7, 11) is 0. The maximum Gasteiger partial charge on any atom is 0.226 e. The number of aromatic nitrogens is 1. The van der Waals surface area contributed by atoms with Crippen LogP contribution in [-0.2, 0) is 11.2 Å². The highest BCUT2D eigenvalue weighted by Crippen LogP contribution is 2.28. The number of hydrogen-bond donors (Lipinski definition) is 0. The third kappa shape index (κ3) is 4.04. The number of carbonyl (C=O) groups is 1. The first-order chi connectivity index (χ1) is 11.1. The van der Waals surface area contributed by atoms with Crippen molar-refractivity contribution in [2.45, 2.75) is 25.2 Å². The first kappa shape index (κ1) is 16.3. The van der Waals surface area contributed by atoms with Gasteiger partial charge in [-0.25, -0.2) is 0 Å². The number of rotatable bonds is 3. The molecule has 1 aromatic heterocycles. The monoisotopic (exact) mass is 348 g/mol. The van der Waals surface area contributed by atoms with Crippen LogP contribution < -0.4 is 0 Å². The Morgan fingerprint density at radius 1 is 1.09 bits per heavy atom. The summed E-state index contributed by atoms with van der Waals surface area (Å²) in [5.74, 6) is 0.670. The van der Waals surface area contributed by atoms with Crippen molar-refractivity contribution >= 4 is 29.1 Å². The molecule has 0 bridgehead atoms. The standard InChI is InChI=1S/C18H18Cl2N2O/c19-16-2-1-13(11-17(16)20)12-18(23)22-9-5-15(6-10-22)14-3-7-21-8-4-14/h1-4,7-8,11,15H,5-6,9-10,12H2. The smallest absolute Gasteiger partial charge is 0.226 e. The van der Waals surface area contributed by atoms with Gasteiger partial charge in [0.1, 0.15) is 0 Å². The van der Waals surface area contributed by atoms with E-state index in [9.17, 15) is 4.79 Å². The zero-order valence-electron chi connectivity index (χ0n) is 12.7. The predicted octanol–water partition coefficient (Wildman–Crippen LogP) is 4.34. The summed E-state index contributed by atoms with van der Waals surface area (Å²) >= 11 is 11.9. The van der Waals surface area contributed by atoms with Crippen LogP contribution in [0.1, 0.15) is 29.9 Å². The average Bonchev–Trinajstić information content (AvgIpc) is 2.59. The molecular weight excluding hydrogens is 331 g/mol. The molecule has 3 rings (SSSR count). The largest absolute Gasteiger partial charge is 0.342 e. The van der Waals surface area contributed by atoms with Crippen molar-refractivity contribution in [1.29, 1.82) is 0 Å². The molecule has 0 radical (unpaired) electrons. The van der Waals surface area contributed by atoms with Crippen molar-refractivity contribution in [3.8, 4) is 0 Å². The Balaban J connectivity index is 1.57. The normalized spacial score (nSPS) is 15.7. The molecule has 1 amide bonds. The van der Waals surface area contributed by atoms with E-state index in [0.29, 0.717) is 22.4 Å². The Morgan fingerprint density at radius 3 is 2.43 bits per heavy atom. The fourth-order valence-electron chi connectivity index (χ4n) is 3.03. The summed E-state index contributed by atoms with van der Waals surface area (Å²) in [5.41, 5.74) is 2.22. The second kappa shape index (κ2) is 7.33. The van der Waals surface area contributed by atoms with Crippen molar-refractivity contribution in [3.05, 3.63) is 63.9 Å². The first-order valence-corrected chi connectivity index (χ1v) is 8.50. The molecule has 2 heterocycles. The molecule has 2 aromatic rings. The van der Waals surface area contributed by atoms with Crippen LogP contribution in [0.25, 0.3) is 0 Å². The molecule has 1 aliphatic rings. The van der Waals surface area contributed by atoms with Gasteiger partial charge in [0, 0.05) is 25.5 Å². The predicted molar refractivity (Wildman–Crippen MR) is 93.0 cm³/mol. The molecule has 0 saturated carbocycles. The molecule has 3 nitrogen and oxygen atoms in total. The summed E-state index contributed by atoms with van der Waals surface area (Å²) in [6, 6.07) is 9.50. The van der Waals surface area contributed by atoms with Gasteiger partial charge in [-0.05, 0) is 54.2 Å². The Labute approximate surface area is 146 Å². The van der Waals surface area contributed by atoms with Crippen LogP contribution in [0.2, 0.25) is 10.0 Å². The topological polar surface area (TPSA) is 33.2 Å². The Kier molecular flexibility index (Phi) is 5.19. The number of halogens is 2. The van der Waals surface area contributed by atoms with Crippen LogP contribution in [0.15, 0.2) is 42.7 Å². The first-order valence-electron chi connectivity index (χ1n) is 7.75. The molecule has 0 atom stereocenters. The molecule has 120 valence electrons. The van der Waals surface area contributed by atoms with Gasteiger partial charge in [-0.3, -0.25) is 9.78 Å². The lowest BCUT2D eigenvalue weighted by Gasteiger charge is -2.32. The summed E-state index contributed by atoms with van der Waals surface area (Å²) in [6.07, 6.45) is 6.03. The summed E-state index contributed by atoms with van der Waals surface area (Å²) in [5, 5.41) is 1.01. The van der Waals surface area contributed by atoms with Gasteiger partial charge in [0.15, 0.2) is 0 Å². The van der Waals surface area contributed by atoms with Crippen LogP contribution in [0.5, 0.6) is 0 Å². The van der Waals surface area contributed by atoms with E-state index in [1.165, 1.54) is 5.56 Å². The van der Waals surface area contributed by atoms with Gasteiger partial charge in [-0.1, -0.05) is 29.3 Å². The maximum atomic E-state index is 12.4. The summed E-state index contributed by atoms with van der Waals surface area (Å²) in [4.78, 5) is 18.5. The lowest BCUT2D eigenvalue weighted by Crippen LogP contribution is -2.38. The molecule has 0 N–H and O–H groups in total. The zero-order chi connectivity index (χ0) is 16.2. The molecule has 0 unspecified atom stereocenters. The molecule has 0 aliphatic carbocycles. The molecule has 0 spiro atoms. The number of nitrogens with zero attached hydrogens (tertiary/aromatic N) is 2. The highest BCUT2D eigenvalue weighted by Gasteiger charge is 2.23. The fraction of sp³-hybridized carbons (Fsp3) is 0.333. The van der Waals surface area contributed by atoms with E-state index in [1.807, 2.05) is 23.4 Å². The quantitative estimate of drug-likeness (QED) is 0.826. The molecule has 1 fully saturated rings. The van der Waals surface area contributed by atoms with Crippen LogP contribution in [0.4, 0.5) is 0 Å². The van der Waals surface area contributed by atoms with Gasteiger partial charge in [0.25, 0.3) is 0 Å². The van der Waals surface area contributed by atoms with Crippen LogP contribution in [0, 0.1) is 0 Å². The third-order valence-electron chi connectivity index (χ3n) is 4.36. The Morgan fingerprint density at radius 2 is 1.78 bits per heavy atom. The molecule has 23 heavy (non-hydrogen) atoms. The number of hydrogen-bond acceptors (Lipinski definition) is 2. The Hall–Kier alpha value is -1.58. The second-order valence-corrected chi connectivity index (χ2v) is 6.68. The molecule has 5 heteroatoms. The average molecular weight is 349 g/mol. The SMILES string of the molecule is O=C(Cc1ccc(Cl)c(Cl)c1)N1CCC(c2ccncc2)CC1. The van der Waals surface area contributed by atoms with E-state index in [1.54, 1.807) is 12.1 Å². The Bertz CT molecular complexity index is 683. The van der Waals surface area contributed by atoms with Crippen molar-refractivity contribution in [1.82, 2.24) is 9.88 Å².